The number of aliphatic carboxylic acids is 1. The van der Waals surface area contributed by atoms with Gasteiger partial charge in [0.15, 0.2) is 0 Å². The third-order valence-corrected chi connectivity index (χ3v) is 4.95. The molecular formula is C17H21NO4. The summed E-state index contributed by atoms with van der Waals surface area (Å²) in [5.74, 6) is -0.521. The van der Waals surface area contributed by atoms with Crippen molar-refractivity contribution in [2.24, 2.45) is 5.92 Å². The van der Waals surface area contributed by atoms with Gasteiger partial charge in [-0.1, -0.05) is 25.0 Å². The van der Waals surface area contributed by atoms with Gasteiger partial charge in [0.05, 0.1) is 6.42 Å². The van der Waals surface area contributed by atoms with Crippen molar-refractivity contribution < 1.29 is 19.8 Å². The van der Waals surface area contributed by atoms with Crippen molar-refractivity contribution in [1.82, 2.24) is 4.90 Å². The van der Waals surface area contributed by atoms with E-state index in [0.29, 0.717) is 12.3 Å². The van der Waals surface area contributed by atoms with Gasteiger partial charge in [0, 0.05) is 6.04 Å². The zero-order chi connectivity index (χ0) is 15.7. The lowest BCUT2D eigenvalue weighted by molar-refractivity contribution is -0.149. The number of likely N-dealkylation sites (tertiary alicyclic amines) is 1. The van der Waals surface area contributed by atoms with Crippen molar-refractivity contribution in [1.29, 1.82) is 0 Å². The summed E-state index contributed by atoms with van der Waals surface area (Å²) in [7, 11) is 0. The summed E-state index contributed by atoms with van der Waals surface area (Å²) in [4.78, 5) is 25.8. The van der Waals surface area contributed by atoms with Crippen LogP contribution in [0.1, 0.15) is 37.7 Å². The number of hydrogen-bond acceptors (Lipinski definition) is 3. The van der Waals surface area contributed by atoms with E-state index in [-0.39, 0.29) is 24.1 Å². The highest BCUT2D eigenvalue weighted by atomic mass is 16.4. The molecule has 1 aliphatic heterocycles. The van der Waals surface area contributed by atoms with E-state index in [4.69, 9.17) is 0 Å². The van der Waals surface area contributed by atoms with E-state index in [1.54, 1.807) is 29.2 Å². The zero-order valence-corrected chi connectivity index (χ0v) is 12.4. The van der Waals surface area contributed by atoms with Crippen LogP contribution in [0.5, 0.6) is 5.75 Å². The summed E-state index contributed by atoms with van der Waals surface area (Å²) in [6.07, 6.45) is 4.91. The van der Waals surface area contributed by atoms with E-state index in [0.717, 1.165) is 31.2 Å². The molecule has 3 unspecified atom stereocenters. The molecule has 1 heterocycles. The number of benzene rings is 1. The molecule has 1 saturated carbocycles. The number of carboxylic acids is 1. The van der Waals surface area contributed by atoms with Crippen molar-refractivity contribution in [3.63, 3.8) is 0 Å². The number of carboxylic acid groups (broad SMARTS) is 1. The van der Waals surface area contributed by atoms with E-state index < -0.39 is 12.0 Å². The van der Waals surface area contributed by atoms with Crippen molar-refractivity contribution in [2.75, 3.05) is 0 Å². The Morgan fingerprint density at radius 1 is 1.14 bits per heavy atom. The third kappa shape index (κ3) is 2.80. The molecule has 1 aromatic rings. The standard InChI is InChI=1S/C17H21NO4/c19-13-7-5-11(6-8-13)9-16(20)18-14-4-2-1-3-12(14)10-15(18)17(21)22/h5-8,12,14-15,19H,1-4,9-10H2,(H,21,22). The average molecular weight is 303 g/mol. The molecule has 5 nitrogen and oxygen atoms in total. The fourth-order valence-corrected chi connectivity index (χ4v) is 3.92. The number of phenolic OH excluding ortho intramolecular Hbond substituents is 1. The van der Waals surface area contributed by atoms with Crippen molar-refractivity contribution in [3.8, 4) is 5.75 Å². The maximum absolute atomic E-state index is 12.7. The second kappa shape index (κ2) is 5.99. The maximum atomic E-state index is 12.7. The minimum atomic E-state index is -0.895. The molecule has 118 valence electrons. The number of amides is 1. The SMILES string of the molecule is O=C(O)C1CC2CCCCC2N1C(=O)Cc1ccc(O)cc1. The smallest absolute Gasteiger partial charge is 0.326 e. The Kier molecular flexibility index (Phi) is 4.05. The van der Waals surface area contributed by atoms with Crippen LogP contribution in [0.3, 0.4) is 0 Å². The van der Waals surface area contributed by atoms with Crippen LogP contribution >= 0.6 is 0 Å². The molecule has 3 atom stereocenters. The summed E-state index contributed by atoms with van der Waals surface area (Å²) in [6, 6.07) is 5.90. The van der Waals surface area contributed by atoms with Crippen molar-refractivity contribution >= 4 is 11.9 Å². The minimum Gasteiger partial charge on any atom is -0.508 e. The van der Waals surface area contributed by atoms with Gasteiger partial charge in [0.25, 0.3) is 0 Å². The number of carbonyl (C=O) groups is 2. The van der Waals surface area contributed by atoms with Crippen molar-refractivity contribution in [3.05, 3.63) is 29.8 Å². The molecule has 2 aliphatic rings. The van der Waals surface area contributed by atoms with Gasteiger partial charge in [-0.25, -0.2) is 4.79 Å². The monoisotopic (exact) mass is 303 g/mol. The van der Waals surface area contributed by atoms with Crippen LogP contribution in [0.15, 0.2) is 24.3 Å². The first-order chi connectivity index (χ1) is 10.6. The largest absolute Gasteiger partial charge is 0.508 e. The lowest BCUT2D eigenvalue weighted by Crippen LogP contribution is -2.46. The van der Waals surface area contributed by atoms with Gasteiger partial charge in [-0.15, -0.1) is 0 Å². The Morgan fingerprint density at radius 3 is 2.50 bits per heavy atom. The van der Waals surface area contributed by atoms with Gasteiger partial charge in [0.1, 0.15) is 11.8 Å². The van der Waals surface area contributed by atoms with E-state index in [9.17, 15) is 19.8 Å². The molecule has 2 fully saturated rings. The summed E-state index contributed by atoms with van der Waals surface area (Å²) in [6.45, 7) is 0. The molecule has 3 rings (SSSR count). The number of hydrogen-bond donors (Lipinski definition) is 2. The van der Waals surface area contributed by atoms with E-state index in [2.05, 4.69) is 0 Å². The predicted molar refractivity (Wildman–Crippen MR) is 80.4 cm³/mol. The van der Waals surface area contributed by atoms with Crippen LogP contribution in [-0.2, 0) is 16.0 Å². The first-order valence-corrected chi connectivity index (χ1v) is 7.88. The molecule has 0 aromatic heterocycles. The van der Waals surface area contributed by atoms with E-state index in [1.807, 2.05) is 0 Å². The normalized spacial score (nSPS) is 27.5. The Bertz CT molecular complexity index is 569. The van der Waals surface area contributed by atoms with Gasteiger partial charge >= 0.3 is 5.97 Å². The molecule has 1 saturated heterocycles. The second-order valence-electron chi connectivity index (χ2n) is 6.35. The summed E-state index contributed by atoms with van der Waals surface area (Å²) in [5.41, 5.74) is 0.797. The van der Waals surface area contributed by atoms with Crippen LogP contribution in [0.2, 0.25) is 0 Å². The molecule has 1 aromatic carbocycles. The number of nitrogens with zero attached hydrogens (tertiary/aromatic N) is 1. The summed E-state index contributed by atoms with van der Waals surface area (Å²) >= 11 is 0. The summed E-state index contributed by atoms with van der Waals surface area (Å²) < 4.78 is 0. The van der Waals surface area contributed by atoms with E-state index >= 15 is 0 Å². The fraction of sp³-hybridized carbons (Fsp3) is 0.529. The molecule has 1 aliphatic carbocycles. The Hall–Kier alpha value is -2.04. The Morgan fingerprint density at radius 2 is 1.82 bits per heavy atom. The highest BCUT2D eigenvalue weighted by molar-refractivity contribution is 5.86. The molecule has 2 N–H and O–H groups in total. The minimum absolute atomic E-state index is 0.0828. The van der Waals surface area contributed by atoms with Crippen LogP contribution in [0.4, 0.5) is 0 Å². The van der Waals surface area contributed by atoms with Crippen molar-refractivity contribution in [2.45, 2.75) is 50.6 Å². The lowest BCUT2D eigenvalue weighted by Gasteiger charge is -2.33. The topological polar surface area (TPSA) is 77.8 Å². The number of fused-ring (bicyclic) bond motifs is 1. The molecule has 22 heavy (non-hydrogen) atoms. The van der Waals surface area contributed by atoms with E-state index in [1.165, 1.54) is 0 Å². The molecule has 0 spiro atoms. The first kappa shape index (κ1) is 14.9. The fourth-order valence-electron chi connectivity index (χ4n) is 3.92. The van der Waals surface area contributed by atoms with Gasteiger partial charge in [-0.2, -0.15) is 0 Å². The molecule has 0 bridgehead atoms. The van der Waals surface area contributed by atoms with Crippen LogP contribution in [-0.4, -0.2) is 39.1 Å². The molecule has 1 amide bonds. The maximum Gasteiger partial charge on any atom is 0.326 e. The third-order valence-electron chi connectivity index (χ3n) is 4.95. The molecule has 5 heteroatoms. The average Bonchev–Trinajstić information content (AvgIpc) is 2.89. The molecular weight excluding hydrogens is 282 g/mol. The first-order valence-electron chi connectivity index (χ1n) is 7.88. The predicted octanol–water partition coefficient (Wildman–Crippen LogP) is 2.18. The number of phenols is 1. The van der Waals surface area contributed by atoms with Crippen LogP contribution in [0.25, 0.3) is 0 Å². The number of rotatable bonds is 3. The molecule has 0 radical (unpaired) electrons. The Balaban J connectivity index is 1.78. The van der Waals surface area contributed by atoms with Gasteiger partial charge in [-0.05, 0) is 42.9 Å². The second-order valence-corrected chi connectivity index (χ2v) is 6.35. The summed E-state index contributed by atoms with van der Waals surface area (Å²) in [5, 5.41) is 18.8. The highest BCUT2D eigenvalue weighted by Crippen LogP contribution is 2.40. The number of carbonyl (C=O) groups excluding carboxylic acids is 1. The number of aromatic hydroxyl groups is 1. The van der Waals surface area contributed by atoms with Gasteiger partial charge < -0.3 is 15.1 Å². The highest BCUT2D eigenvalue weighted by Gasteiger charge is 2.47. The van der Waals surface area contributed by atoms with Gasteiger partial charge in [0.2, 0.25) is 5.91 Å². The zero-order valence-electron chi connectivity index (χ0n) is 12.4. The van der Waals surface area contributed by atoms with Crippen LogP contribution < -0.4 is 0 Å². The lowest BCUT2D eigenvalue weighted by atomic mass is 9.84. The van der Waals surface area contributed by atoms with Gasteiger partial charge in [-0.3, -0.25) is 4.79 Å². The quantitative estimate of drug-likeness (QED) is 0.897. The Labute approximate surface area is 129 Å². The van der Waals surface area contributed by atoms with Crippen LogP contribution in [0, 0.1) is 5.92 Å².